The Morgan fingerprint density at radius 3 is 2.83 bits per heavy atom. The number of likely N-dealkylation sites (tertiary alicyclic amines) is 1. The number of ether oxygens (including phenoxy) is 2. The fraction of sp³-hybridized carbons (Fsp3) is 0.600. The van der Waals surface area contributed by atoms with E-state index in [9.17, 15) is 19.7 Å². The molecule has 5 rings (SSSR count). The average molecular weight is 416 g/mol. The zero-order valence-electron chi connectivity index (χ0n) is 16.8. The summed E-state index contributed by atoms with van der Waals surface area (Å²) in [5.74, 6) is -0.526. The topological polar surface area (TPSA) is 109 Å². The molecule has 10 heteroatoms. The van der Waals surface area contributed by atoms with Crippen molar-refractivity contribution in [1.29, 1.82) is 0 Å². The largest absolute Gasteiger partial charge is 0.535 e. The van der Waals surface area contributed by atoms with Gasteiger partial charge in [0.25, 0.3) is 0 Å². The molecule has 1 amide bonds. The second-order valence-corrected chi connectivity index (χ2v) is 8.67. The van der Waals surface area contributed by atoms with E-state index in [0.717, 1.165) is 25.1 Å². The SMILES string of the molecule is CN1CCO[C@@H](CC(=O)N2CC(Oc3ccc4c(c3C(=O)O)OB(O)[C@@H]3C[C@H]43)C2)C1. The van der Waals surface area contributed by atoms with Crippen LogP contribution in [-0.4, -0.2) is 91.0 Å². The van der Waals surface area contributed by atoms with Gasteiger partial charge in [-0.2, -0.15) is 0 Å². The summed E-state index contributed by atoms with van der Waals surface area (Å²) in [5, 5.41) is 19.8. The molecule has 2 saturated heterocycles. The molecular formula is C20H25BN2O7. The lowest BCUT2D eigenvalue weighted by Gasteiger charge is -2.40. The number of aromatic carboxylic acids is 1. The van der Waals surface area contributed by atoms with Crippen molar-refractivity contribution in [3.8, 4) is 11.5 Å². The highest BCUT2D eigenvalue weighted by atomic mass is 16.5. The van der Waals surface area contributed by atoms with E-state index in [1.165, 1.54) is 0 Å². The zero-order valence-corrected chi connectivity index (χ0v) is 16.8. The van der Waals surface area contributed by atoms with Gasteiger partial charge >= 0.3 is 13.1 Å². The summed E-state index contributed by atoms with van der Waals surface area (Å²) in [4.78, 5) is 28.2. The summed E-state index contributed by atoms with van der Waals surface area (Å²) >= 11 is 0. The monoisotopic (exact) mass is 416 g/mol. The number of carbonyl (C=O) groups is 2. The van der Waals surface area contributed by atoms with Gasteiger partial charge in [-0.05, 0) is 31.0 Å². The number of benzene rings is 1. The van der Waals surface area contributed by atoms with Crippen LogP contribution in [0, 0.1) is 0 Å². The quantitative estimate of drug-likeness (QED) is 0.666. The van der Waals surface area contributed by atoms with Crippen LogP contribution in [0.3, 0.4) is 0 Å². The van der Waals surface area contributed by atoms with E-state index in [1.54, 1.807) is 11.0 Å². The third-order valence-electron chi connectivity index (χ3n) is 6.45. The van der Waals surface area contributed by atoms with Crippen molar-refractivity contribution < 1.29 is 33.8 Å². The molecular weight excluding hydrogens is 391 g/mol. The fourth-order valence-corrected chi connectivity index (χ4v) is 4.61. The summed E-state index contributed by atoms with van der Waals surface area (Å²) in [6.45, 7) is 3.07. The van der Waals surface area contributed by atoms with Crippen LogP contribution in [0.15, 0.2) is 12.1 Å². The first-order valence-electron chi connectivity index (χ1n) is 10.4. The number of nitrogens with zero attached hydrogens (tertiary/aromatic N) is 2. The Kier molecular flexibility index (Phi) is 4.87. The standard InChI is InChI=1S/C20H25BN2O7/c1-22-4-5-28-11(8-22)6-17(24)23-9-12(10-23)29-16-3-2-13-14-7-15(14)21(27)30-19(13)18(16)20(25)26/h2-3,11-12,14-15,27H,4-10H2,1H3,(H,25,26)/t11-,14+,15+/m0/s1. The Labute approximate surface area is 174 Å². The van der Waals surface area contributed by atoms with Crippen LogP contribution in [0.5, 0.6) is 11.5 Å². The first-order valence-corrected chi connectivity index (χ1v) is 10.4. The molecule has 1 aromatic carbocycles. The van der Waals surface area contributed by atoms with Crippen LogP contribution in [0.2, 0.25) is 5.82 Å². The summed E-state index contributed by atoms with van der Waals surface area (Å²) in [6.07, 6.45) is 0.769. The van der Waals surface area contributed by atoms with E-state index < -0.39 is 13.1 Å². The van der Waals surface area contributed by atoms with Gasteiger partial charge in [-0.1, -0.05) is 6.07 Å². The van der Waals surface area contributed by atoms with Crippen LogP contribution in [0.4, 0.5) is 0 Å². The molecule has 0 aromatic heterocycles. The number of carboxylic acids is 1. The van der Waals surface area contributed by atoms with Crippen LogP contribution in [0.1, 0.15) is 34.7 Å². The van der Waals surface area contributed by atoms with Crippen LogP contribution in [-0.2, 0) is 9.53 Å². The van der Waals surface area contributed by atoms with Crippen LogP contribution < -0.4 is 9.39 Å². The third kappa shape index (κ3) is 3.53. The van der Waals surface area contributed by atoms with Gasteiger partial charge in [0.05, 0.1) is 32.2 Å². The minimum Gasteiger partial charge on any atom is -0.535 e. The summed E-state index contributed by atoms with van der Waals surface area (Å²) in [6, 6.07) is 3.49. The summed E-state index contributed by atoms with van der Waals surface area (Å²) < 4.78 is 17.1. The predicted octanol–water partition coefficient (Wildman–Crippen LogP) is 0.425. The lowest BCUT2D eigenvalue weighted by Crippen LogP contribution is -2.57. The van der Waals surface area contributed by atoms with Crippen molar-refractivity contribution in [2.45, 2.75) is 36.8 Å². The van der Waals surface area contributed by atoms with Crippen molar-refractivity contribution in [3.63, 3.8) is 0 Å². The van der Waals surface area contributed by atoms with E-state index in [4.69, 9.17) is 14.1 Å². The number of likely N-dealkylation sites (N-methyl/N-ethyl adjacent to an activating group) is 1. The highest BCUT2D eigenvalue weighted by molar-refractivity contribution is 6.48. The van der Waals surface area contributed by atoms with E-state index >= 15 is 0 Å². The van der Waals surface area contributed by atoms with Gasteiger partial charge in [-0.15, -0.1) is 0 Å². The van der Waals surface area contributed by atoms with E-state index in [1.807, 2.05) is 13.1 Å². The Bertz CT molecular complexity index is 875. The average Bonchev–Trinajstić information content (AvgIpc) is 3.45. The van der Waals surface area contributed by atoms with E-state index in [2.05, 4.69) is 4.90 Å². The maximum atomic E-state index is 12.5. The molecule has 3 atom stereocenters. The molecule has 3 heterocycles. The number of morpholine rings is 1. The van der Waals surface area contributed by atoms with Crippen molar-refractivity contribution in [2.24, 2.45) is 0 Å². The summed E-state index contributed by atoms with van der Waals surface area (Å²) in [7, 11) is 1.03. The molecule has 0 spiro atoms. The van der Waals surface area contributed by atoms with E-state index in [0.29, 0.717) is 26.1 Å². The number of amides is 1. The Morgan fingerprint density at radius 1 is 1.30 bits per heavy atom. The number of hydrogen-bond donors (Lipinski definition) is 2. The number of fused-ring (bicyclic) bond motifs is 3. The molecule has 3 fully saturated rings. The maximum absolute atomic E-state index is 12.5. The molecule has 1 saturated carbocycles. The van der Waals surface area contributed by atoms with Gasteiger partial charge in [0.1, 0.15) is 23.2 Å². The third-order valence-corrected chi connectivity index (χ3v) is 6.45. The molecule has 2 N–H and O–H groups in total. The van der Waals surface area contributed by atoms with Crippen molar-refractivity contribution in [1.82, 2.24) is 9.80 Å². The molecule has 30 heavy (non-hydrogen) atoms. The Balaban J connectivity index is 1.22. The normalized spacial score (nSPS) is 28.1. The first kappa shape index (κ1) is 19.7. The molecule has 0 radical (unpaired) electrons. The number of rotatable bonds is 5. The molecule has 0 bridgehead atoms. The molecule has 1 aromatic rings. The minimum absolute atomic E-state index is 0.0188. The van der Waals surface area contributed by atoms with Gasteiger partial charge < -0.3 is 34.1 Å². The van der Waals surface area contributed by atoms with Gasteiger partial charge in [0.15, 0.2) is 0 Å². The van der Waals surface area contributed by atoms with Gasteiger partial charge in [0.2, 0.25) is 5.91 Å². The molecule has 0 unspecified atom stereocenters. The Morgan fingerprint density at radius 2 is 2.10 bits per heavy atom. The van der Waals surface area contributed by atoms with Gasteiger partial charge in [0, 0.05) is 18.9 Å². The molecule has 9 nitrogen and oxygen atoms in total. The highest BCUT2D eigenvalue weighted by Crippen LogP contribution is 2.60. The second kappa shape index (κ2) is 7.44. The minimum atomic E-state index is -1.15. The first-order chi connectivity index (χ1) is 14.4. The predicted molar refractivity (Wildman–Crippen MR) is 106 cm³/mol. The van der Waals surface area contributed by atoms with Gasteiger partial charge in [-0.3, -0.25) is 4.79 Å². The fourth-order valence-electron chi connectivity index (χ4n) is 4.61. The highest BCUT2D eigenvalue weighted by Gasteiger charge is 2.54. The molecule has 1 aliphatic carbocycles. The zero-order chi connectivity index (χ0) is 21.0. The Hall–Kier alpha value is -2.30. The summed E-state index contributed by atoms with van der Waals surface area (Å²) in [5.41, 5.74) is 0.762. The maximum Gasteiger partial charge on any atom is 0.526 e. The van der Waals surface area contributed by atoms with Crippen molar-refractivity contribution in [3.05, 3.63) is 23.3 Å². The second-order valence-electron chi connectivity index (χ2n) is 8.67. The van der Waals surface area contributed by atoms with Crippen molar-refractivity contribution in [2.75, 3.05) is 39.8 Å². The molecule has 4 aliphatic rings. The van der Waals surface area contributed by atoms with Crippen LogP contribution in [0.25, 0.3) is 0 Å². The molecule has 160 valence electrons. The molecule has 3 aliphatic heterocycles. The van der Waals surface area contributed by atoms with Gasteiger partial charge in [-0.25, -0.2) is 4.79 Å². The lowest BCUT2D eigenvalue weighted by molar-refractivity contribution is -0.144. The van der Waals surface area contributed by atoms with Crippen LogP contribution >= 0.6 is 0 Å². The van der Waals surface area contributed by atoms with E-state index in [-0.39, 0.29) is 46.9 Å². The smallest absolute Gasteiger partial charge is 0.526 e. The number of carboxylic acid groups (broad SMARTS) is 1. The van der Waals surface area contributed by atoms with Crippen molar-refractivity contribution >= 4 is 19.0 Å². The number of hydrogen-bond acceptors (Lipinski definition) is 7. The lowest BCUT2D eigenvalue weighted by atomic mass is 9.77. The number of carbonyl (C=O) groups excluding carboxylic acids is 1.